The summed E-state index contributed by atoms with van der Waals surface area (Å²) >= 11 is 0. The Morgan fingerprint density at radius 2 is 2.11 bits per heavy atom. The predicted molar refractivity (Wildman–Crippen MR) is 67.5 cm³/mol. The van der Waals surface area contributed by atoms with E-state index in [1.807, 2.05) is 0 Å². The third-order valence-electron chi connectivity index (χ3n) is 2.81. The van der Waals surface area contributed by atoms with Crippen LogP contribution in [0.25, 0.3) is 11.0 Å². The monoisotopic (exact) mass is 262 g/mol. The van der Waals surface area contributed by atoms with Gasteiger partial charge in [-0.05, 0) is 25.0 Å². The summed E-state index contributed by atoms with van der Waals surface area (Å²) in [5.41, 5.74) is 6.29. The standard InChI is InChI=1S/C12H14N4O3/c13-10(17)6-1-2-7-16-11-8(12(18)19)4-3-5-9(11)14-15-16/h3-5H,1-2,6-7H2,(H2,13,17)(H,18,19). The van der Waals surface area contributed by atoms with Crippen molar-refractivity contribution in [2.24, 2.45) is 5.73 Å². The van der Waals surface area contributed by atoms with Crippen LogP contribution in [0.5, 0.6) is 0 Å². The number of aryl methyl sites for hydroxylation is 1. The zero-order valence-corrected chi connectivity index (χ0v) is 10.2. The second kappa shape index (κ2) is 5.47. The van der Waals surface area contributed by atoms with E-state index in [0.717, 1.165) is 0 Å². The molecule has 0 radical (unpaired) electrons. The van der Waals surface area contributed by atoms with E-state index in [4.69, 9.17) is 10.8 Å². The molecule has 1 aromatic carbocycles. The molecular weight excluding hydrogens is 248 g/mol. The van der Waals surface area contributed by atoms with Crippen molar-refractivity contribution in [1.29, 1.82) is 0 Å². The SMILES string of the molecule is NC(=O)CCCCn1nnc2cccc(C(=O)O)c21. The fourth-order valence-corrected chi connectivity index (χ4v) is 1.92. The molecule has 7 heteroatoms. The normalized spacial score (nSPS) is 10.7. The zero-order chi connectivity index (χ0) is 13.8. The topological polar surface area (TPSA) is 111 Å². The molecule has 0 atom stereocenters. The van der Waals surface area contributed by atoms with E-state index in [9.17, 15) is 9.59 Å². The maximum Gasteiger partial charge on any atom is 0.337 e. The number of hydrogen-bond acceptors (Lipinski definition) is 4. The number of carboxylic acids is 1. The Bertz CT molecular complexity index is 620. The number of carboxylic acid groups (broad SMARTS) is 1. The lowest BCUT2D eigenvalue weighted by Crippen LogP contribution is -2.11. The van der Waals surface area contributed by atoms with Gasteiger partial charge in [-0.25, -0.2) is 9.48 Å². The number of primary amides is 1. The zero-order valence-electron chi connectivity index (χ0n) is 10.2. The molecule has 0 spiro atoms. The van der Waals surface area contributed by atoms with Crippen molar-refractivity contribution in [3.05, 3.63) is 23.8 Å². The van der Waals surface area contributed by atoms with Gasteiger partial charge >= 0.3 is 5.97 Å². The maximum absolute atomic E-state index is 11.2. The quantitative estimate of drug-likeness (QED) is 0.747. The molecule has 0 aliphatic heterocycles. The van der Waals surface area contributed by atoms with Crippen molar-refractivity contribution in [3.63, 3.8) is 0 Å². The molecule has 0 fully saturated rings. The third-order valence-corrected chi connectivity index (χ3v) is 2.81. The highest BCUT2D eigenvalue weighted by molar-refractivity contribution is 6.00. The molecule has 0 saturated heterocycles. The molecule has 1 aromatic heterocycles. The summed E-state index contributed by atoms with van der Waals surface area (Å²) in [6.07, 6.45) is 1.65. The fraction of sp³-hybridized carbons (Fsp3) is 0.333. The van der Waals surface area contributed by atoms with Gasteiger partial charge in [0.05, 0.1) is 5.56 Å². The van der Waals surface area contributed by atoms with Gasteiger partial charge in [0, 0.05) is 13.0 Å². The summed E-state index contributed by atoms with van der Waals surface area (Å²) in [6.45, 7) is 0.508. The highest BCUT2D eigenvalue weighted by Crippen LogP contribution is 2.17. The Morgan fingerprint density at radius 1 is 1.32 bits per heavy atom. The molecule has 0 saturated carbocycles. The number of amides is 1. The van der Waals surface area contributed by atoms with Gasteiger partial charge in [0.1, 0.15) is 11.0 Å². The molecule has 1 amide bonds. The second-order valence-electron chi connectivity index (χ2n) is 4.21. The van der Waals surface area contributed by atoms with Crippen LogP contribution in [0.4, 0.5) is 0 Å². The van der Waals surface area contributed by atoms with Gasteiger partial charge in [0.25, 0.3) is 0 Å². The molecule has 100 valence electrons. The van der Waals surface area contributed by atoms with E-state index in [2.05, 4.69) is 10.3 Å². The summed E-state index contributed by atoms with van der Waals surface area (Å²) in [4.78, 5) is 21.8. The largest absolute Gasteiger partial charge is 0.478 e. The molecule has 0 aliphatic carbocycles. The smallest absolute Gasteiger partial charge is 0.337 e. The minimum Gasteiger partial charge on any atom is -0.478 e. The first-order valence-corrected chi connectivity index (χ1v) is 5.93. The van der Waals surface area contributed by atoms with Gasteiger partial charge in [-0.2, -0.15) is 0 Å². The molecule has 3 N–H and O–H groups in total. The Balaban J connectivity index is 2.19. The first-order chi connectivity index (χ1) is 9.09. The number of carbonyl (C=O) groups excluding carboxylic acids is 1. The Hall–Kier alpha value is -2.44. The van der Waals surface area contributed by atoms with Crippen molar-refractivity contribution < 1.29 is 14.7 Å². The Morgan fingerprint density at radius 3 is 2.79 bits per heavy atom. The number of carbonyl (C=O) groups is 2. The van der Waals surface area contributed by atoms with Crippen LogP contribution in [0.3, 0.4) is 0 Å². The molecule has 2 aromatic rings. The molecule has 0 aliphatic rings. The van der Waals surface area contributed by atoms with Crippen LogP contribution in [0.2, 0.25) is 0 Å². The van der Waals surface area contributed by atoms with E-state index in [0.29, 0.717) is 36.8 Å². The van der Waals surface area contributed by atoms with Gasteiger partial charge in [-0.3, -0.25) is 4.79 Å². The molecule has 7 nitrogen and oxygen atoms in total. The van der Waals surface area contributed by atoms with Crippen LogP contribution in [0.15, 0.2) is 18.2 Å². The van der Waals surface area contributed by atoms with Crippen molar-refractivity contribution >= 4 is 22.9 Å². The average Bonchev–Trinajstić information content (AvgIpc) is 2.77. The number of nitrogens with two attached hydrogens (primary N) is 1. The molecule has 2 rings (SSSR count). The molecular formula is C12H14N4O3. The number of para-hydroxylation sites is 1. The van der Waals surface area contributed by atoms with Crippen LogP contribution in [-0.4, -0.2) is 32.0 Å². The summed E-state index contributed by atoms with van der Waals surface area (Å²) in [5.74, 6) is -1.35. The van der Waals surface area contributed by atoms with Crippen molar-refractivity contribution in [1.82, 2.24) is 15.0 Å². The number of unbranched alkanes of at least 4 members (excludes halogenated alkanes) is 1. The number of hydrogen-bond donors (Lipinski definition) is 2. The molecule has 0 unspecified atom stereocenters. The van der Waals surface area contributed by atoms with Gasteiger partial charge < -0.3 is 10.8 Å². The van der Waals surface area contributed by atoms with E-state index >= 15 is 0 Å². The van der Waals surface area contributed by atoms with Crippen molar-refractivity contribution in [2.75, 3.05) is 0 Å². The minimum atomic E-state index is -1.01. The van der Waals surface area contributed by atoms with Gasteiger partial charge in [0.2, 0.25) is 5.91 Å². The number of benzene rings is 1. The van der Waals surface area contributed by atoms with Crippen LogP contribution < -0.4 is 5.73 Å². The van der Waals surface area contributed by atoms with Crippen LogP contribution in [0, 0.1) is 0 Å². The molecule has 19 heavy (non-hydrogen) atoms. The Labute approximate surface area is 109 Å². The van der Waals surface area contributed by atoms with E-state index in [-0.39, 0.29) is 11.5 Å². The summed E-state index contributed by atoms with van der Waals surface area (Å²) in [6, 6.07) is 4.88. The second-order valence-corrected chi connectivity index (χ2v) is 4.21. The number of aromatic nitrogens is 3. The van der Waals surface area contributed by atoms with Crippen LogP contribution in [0.1, 0.15) is 29.6 Å². The van der Waals surface area contributed by atoms with Crippen molar-refractivity contribution in [2.45, 2.75) is 25.8 Å². The first-order valence-electron chi connectivity index (χ1n) is 5.93. The predicted octanol–water partition coefficient (Wildman–Crippen LogP) is 0.785. The van der Waals surface area contributed by atoms with Crippen LogP contribution in [-0.2, 0) is 11.3 Å². The van der Waals surface area contributed by atoms with Gasteiger partial charge in [0.15, 0.2) is 0 Å². The van der Waals surface area contributed by atoms with Crippen molar-refractivity contribution in [3.8, 4) is 0 Å². The third kappa shape index (κ3) is 2.87. The molecule has 1 heterocycles. The summed E-state index contributed by atoms with van der Waals surface area (Å²) in [7, 11) is 0. The minimum absolute atomic E-state index is 0.178. The number of fused-ring (bicyclic) bond motifs is 1. The van der Waals surface area contributed by atoms with E-state index in [1.165, 1.54) is 6.07 Å². The van der Waals surface area contributed by atoms with Gasteiger partial charge in [-0.15, -0.1) is 5.10 Å². The average molecular weight is 262 g/mol. The number of nitrogens with zero attached hydrogens (tertiary/aromatic N) is 3. The van der Waals surface area contributed by atoms with Crippen LogP contribution >= 0.6 is 0 Å². The number of aromatic carboxylic acids is 1. The highest BCUT2D eigenvalue weighted by atomic mass is 16.4. The number of rotatable bonds is 6. The van der Waals surface area contributed by atoms with Gasteiger partial charge in [-0.1, -0.05) is 11.3 Å². The maximum atomic E-state index is 11.2. The lowest BCUT2D eigenvalue weighted by molar-refractivity contribution is -0.118. The first kappa shape index (κ1) is 13.0. The lowest BCUT2D eigenvalue weighted by Gasteiger charge is -2.03. The van der Waals surface area contributed by atoms with E-state index < -0.39 is 5.97 Å². The van der Waals surface area contributed by atoms with E-state index in [1.54, 1.807) is 16.8 Å². The fourth-order valence-electron chi connectivity index (χ4n) is 1.92. The highest BCUT2D eigenvalue weighted by Gasteiger charge is 2.14. The lowest BCUT2D eigenvalue weighted by atomic mass is 10.1. The summed E-state index contributed by atoms with van der Waals surface area (Å²) in [5, 5.41) is 17.0. The Kier molecular flexibility index (Phi) is 3.74. The molecule has 0 bridgehead atoms. The summed E-state index contributed by atoms with van der Waals surface area (Å²) < 4.78 is 1.56.